The van der Waals surface area contributed by atoms with E-state index in [0.29, 0.717) is 18.3 Å². The highest BCUT2D eigenvalue weighted by Crippen LogP contribution is 2.35. The summed E-state index contributed by atoms with van der Waals surface area (Å²) < 4.78 is 0. The second kappa shape index (κ2) is 5.73. The average molecular weight is 274 g/mol. The van der Waals surface area contributed by atoms with E-state index in [9.17, 15) is 9.90 Å². The zero-order valence-corrected chi connectivity index (χ0v) is 11.8. The van der Waals surface area contributed by atoms with Gasteiger partial charge in [-0.25, -0.2) is 4.79 Å². The van der Waals surface area contributed by atoms with Gasteiger partial charge >= 0.3 is 6.03 Å². The van der Waals surface area contributed by atoms with Gasteiger partial charge in [0, 0.05) is 12.6 Å². The predicted octanol–water partition coefficient (Wildman–Crippen LogP) is 3.19. The van der Waals surface area contributed by atoms with Crippen LogP contribution in [0.1, 0.15) is 44.1 Å². The number of para-hydroxylation sites is 1. The third kappa shape index (κ3) is 2.60. The highest BCUT2D eigenvalue weighted by atomic mass is 16.3. The molecule has 1 fully saturated rings. The van der Waals surface area contributed by atoms with E-state index < -0.39 is 0 Å². The third-order valence-electron chi connectivity index (χ3n) is 4.37. The predicted molar refractivity (Wildman–Crippen MR) is 79.2 cm³/mol. The van der Waals surface area contributed by atoms with Gasteiger partial charge in [-0.05, 0) is 37.3 Å². The van der Waals surface area contributed by atoms with E-state index in [2.05, 4.69) is 5.32 Å². The molecule has 1 heterocycles. The van der Waals surface area contributed by atoms with Gasteiger partial charge in [0.2, 0.25) is 0 Å². The summed E-state index contributed by atoms with van der Waals surface area (Å²) in [6.07, 6.45) is 7.71. The lowest BCUT2D eigenvalue weighted by Gasteiger charge is -2.32. The maximum Gasteiger partial charge on any atom is 0.322 e. The van der Waals surface area contributed by atoms with Gasteiger partial charge in [0.1, 0.15) is 5.75 Å². The van der Waals surface area contributed by atoms with Crippen molar-refractivity contribution in [3.05, 3.63) is 23.8 Å². The summed E-state index contributed by atoms with van der Waals surface area (Å²) in [5, 5.41) is 13.2. The van der Waals surface area contributed by atoms with E-state index >= 15 is 0 Å². The number of benzene rings is 1. The number of phenols is 1. The lowest BCUT2D eigenvalue weighted by Crippen LogP contribution is -2.47. The Morgan fingerprint density at radius 2 is 2.00 bits per heavy atom. The van der Waals surface area contributed by atoms with Gasteiger partial charge in [0.25, 0.3) is 0 Å². The summed E-state index contributed by atoms with van der Waals surface area (Å²) in [6, 6.07) is 5.74. The minimum Gasteiger partial charge on any atom is -0.506 e. The van der Waals surface area contributed by atoms with Crippen molar-refractivity contribution in [2.24, 2.45) is 0 Å². The number of aryl methyl sites for hydroxylation is 1. The van der Waals surface area contributed by atoms with E-state index in [1.807, 2.05) is 12.1 Å². The summed E-state index contributed by atoms with van der Waals surface area (Å²) in [5.41, 5.74) is 1.77. The van der Waals surface area contributed by atoms with Crippen molar-refractivity contribution < 1.29 is 9.90 Å². The van der Waals surface area contributed by atoms with Crippen LogP contribution in [0, 0.1) is 0 Å². The van der Waals surface area contributed by atoms with Crippen LogP contribution in [0.3, 0.4) is 0 Å². The molecular formula is C16H22N2O2. The number of nitrogens with one attached hydrogen (secondary N) is 1. The van der Waals surface area contributed by atoms with Crippen molar-refractivity contribution in [2.45, 2.75) is 51.0 Å². The fourth-order valence-electron chi connectivity index (χ4n) is 3.33. The molecule has 1 aliphatic heterocycles. The molecule has 4 nitrogen and oxygen atoms in total. The number of nitrogens with zero attached hydrogens (tertiary/aromatic N) is 1. The van der Waals surface area contributed by atoms with Crippen LogP contribution >= 0.6 is 0 Å². The van der Waals surface area contributed by atoms with Crippen LogP contribution in [0.15, 0.2) is 18.2 Å². The molecule has 0 radical (unpaired) electrons. The summed E-state index contributed by atoms with van der Waals surface area (Å²) in [7, 11) is 0. The van der Waals surface area contributed by atoms with Crippen LogP contribution in [0.25, 0.3) is 0 Å². The van der Waals surface area contributed by atoms with Gasteiger partial charge < -0.3 is 10.4 Å². The monoisotopic (exact) mass is 274 g/mol. The van der Waals surface area contributed by atoms with Crippen LogP contribution < -0.4 is 10.2 Å². The van der Waals surface area contributed by atoms with Gasteiger partial charge in [0.05, 0.1) is 5.69 Å². The average Bonchev–Trinajstić information content (AvgIpc) is 2.48. The Balaban J connectivity index is 1.76. The number of aromatic hydroxyl groups is 1. The molecule has 20 heavy (non-hydrogen) atoms. The maximum absolute atomic E-state index is 12.5. The van der Waals surface area contributed by atoms with Crippen LogP contribution in [0.2, 0.25) is 0 Å². The second-order valence-corrected chi connectivity index (χ2v) is 5.82. The summed E-state index contributed by atoms with van der Waals surface area (Å²) in [5.74, 6) is 0.209. The quantitative estimate of drug-likeness (QED) is 0.826. The minimum absolute atomic E-state index is 0.0562. The Morgan fingerprint density at radius 1 is 1.20 bits per heavy atom. The van der Waals surface area contributed by atoms with E-state index in [1.165, 1.54) is 19.3 Å². The van der Waals surface area contributed by atoms with Gasteiger partial charge in [0.15, 0.2) is 0 Å². The number of carbonyl (C=O) groups is 1. The smallest absolute Gasteiger partial charge is 0.322 e. The van der Waals surface area contributed by atoms with Crippen LogP contribution in [0.4, 0.5) is 10.5 Å². The van der Waals surface area contributed by atoms with Crippen molar-refractivity contribution in [2.75, 3.05) is 11.4 Å². The summed E-state index contributed by atoms with van der Waals surface area (Å²) in [4.78, 5) is 14.2. The number of fused-ring (bicyclic) bond motifs is 1. The Hall–Kier alpha value is -1.71. The molecule has 0 saturated heterocycles. The van der Waals surface area contributed by atoms with E-state index in [0.717, 1.165) is 31.2 Å². The molecule has 1 saturated carbocycles. The van der Waals surface area contributed by atoms with Crippen molar-refractivity contribution in [3.63, 3.8) is 0 Å². The molecule has 2 N–H and O–H groups in total. The summed E-state index contributed by atoms with van der Waals surface area (Å²) in [6.45, 7) is 0.684. The summed E-state index contributed by atoms with van der Waals surface area (Å²) >= 11 is 0. The molecule has 2 amide bonds. The van der Waals surface area contributed by atoms with E-state index in [4.69, 9.17) is 0 Å². The molecule has 3 rings (SSSR count). The third-order valence-corrected chi connectivity index (χ3v) is 4.37. The molecule has 1 aromatic carbocycles. The van der Waals surface area contributed by atoms with Gasteiger partial charge in [-0.15, -0.1) is 0 Å². The maximum atomic E-state index is 12.5. The molecule has 0 unspecified atom stereocenters. The molecule has 1 aliphatic carbocycles. The first-order valence-corrected chi connectivity index (χ1v) is 7.64. The van der Waals surface area contributed by atoms with Crippen molar-refractivity contribution in [3.8, 4) is 5.75 Å². The normalized spacial score (nSPS) is 19.5. The second-order valence-electron chi connectivity index (χ2n) is 5.82. The molecule has 108 valence electrons. The molecule has 0 aromatic heterocycles. The molecule has 4 heteroatoms. The van der Waals surface area contributed by atoms with Crippen molar-refractivity contribution in [1.82, 2.24) is 5.32 Å². The van der Waals surface area contributed by atoms with Crippen LogP contribution in [-0.2, 0) is 6.42 Å². The highest BCUT2D eigenvalue weighted by molar-refractivity contribution is 5.95. The Bertz CT molecular complexity index is 495. The van der Waals surface area contributed by atoms with E-state index in [-0.39, 0.29) is 11.8 Å². The minimum atomic E-state index is -0.0562. The number of amides is 2. The number of phenolic OH excluding ortho intramolecular Hbond substituents is 1. The van der Waals surface area contributed by atoms with Crippen LogP contribution in [0.5, 0.6) is 5.75 Å². The first kappa shape index (κ1) is 13.3. The first-order chi connectivity index (χ1) is 9.75. The SMILES string of the molecule is O=C(NC1CCCCC1)N1CCCc2cccc(O)c21. The number of carbonyl (C=O) groups excluding carboxylic acids is 1. The molecule has 0 bridgehead atoms. The highest BCUT2D eigenvalue weighted by Gasteiger charge is 2.27. The van der Waals surface area contributed by atoms with Gasteiger partial charge in [-0.3, -0.25) is 4.90 Å². The first-order valence-electron chi connectivity index (χ1n) is 7.64. The molecule has 2 aliphatic rings. The molecule has 0 spiro atoms. The molecular weight excluding hydrogens is 252 g/mol. The Morgan fingerprint density at radius 3 is 2.80 bits per heavy atom. The zero-order valence-electron chi connectivity index (χ0n) is 11.8. The van der Waals surface area contributed by atoms with Crippen LogP contribution in [-0.4, -0.2) is 23.7 Å². The van der Waals surface area contributed by atoms with Gasteiger partial charge in [-0.1, -0.05) is 31.4 Å². The lowest BCUT2D eigenvalue weighted by atomic mass is 9.95. The Kier molecular flexibility index (Phi) is 3.81. The molecule has 1 aromatic rings. The zero-order chi connectivity index (χ0) is 13.9. The fraction of sp³-hybridized carbons (Fsp3) is 0.562. The van der Waals surface area contributed by atoms with Gasteiger partial charge in [-0.2, -0.15) is 0 Å². The number of hydrogen-bond donors (Lipinski definition) is 2. The largest absolute Gasteiger partial charge is 0.506 e. The lowest BCUT2D eigenvalue weighted by molar-refractivity contribution is 0.237. The standard InChI is InChI=1S/C16H22N2O2/c19-14-10-4-6-12-7-5-11-18(15(12)14)16(20)17-13-8-2-1-3-9-13/h4,6,10,13,19H,1-3,5,7-9,11H2,(H,17,20). The number of anilines is 1. The number of rotatable bonds is 1. The number of hydrogen-bond acceptors (Lipinski definition) is 2. The van der Waals surface area contributed by atoms with Crippen molar-refractivity contribution >= 4 is 11.7 Å². The topological polar surface area (TPSA) is 52.6 Å². The van der Waals surface area contributed by atoms with E-state index in [1.54, 1.807) is 11.0 Å². The molecule has 0 atom stereocenters. The Labute approximate surface area is 119 Å². The van der Waals surface area contributed by atoms with Crippen molar-refractivity contribution in [1.29, 1.82) is 0 Å². The fourth-order valence-corrected chi connectivity index (χ4v) is 3.33. The number of urea groups is 1.